The van der Waals surface area contributed by atoms with Crippen LogP contribution in [0.4, 0.5) is 0 Å². The van der Waals surface area contributed by atoms with Gasteiger partial charge in [-0.25, -0.2) is 0 Å². The highest BCUT2D eigenvalue weighted by Crippen LogP contribution is 2.24. The van der Waals surface area contributed by atoms with Gasteiger partial charge >= 0.3 is 0 Å². The minimum Gasteiger partial charge on any atom is -0.379 e. The van der Waals surface area contributed by atoms with Gasteiger partial charge in [-0.05, 0) is 52.9 Å². The second-order valence-corrected chi connectivity index (χ2v) is 6.13. The van der Waals surface area contributed by atoms with Crippen LogP contribution in [0.2, 0.25) is 0 Å². The van der Waals surface area contributed by atoms with Crippen LogP contribution in [0.1, 0.15) is 29.3 Å². The summed E-state index contributed by atoms with van der Waals surface area (Å²) in [5.41, 5.74) is 1.88. The molecule has 1 saturated heterocycles. The van der Waals surface area contributed by atoms with E-state index in [9.17, 15) is 4.79 Å². The molecule has 0 spiro atoms. The molecule has 0 radical (unpaired) electrons. The van der Waals surface area contributed by atoms with Gasteiger partial charge in [0, 0.05) is 24.7 Å². The summed E-state index contributed by atoms with van der Waals surface area (Å²) in [7, 11) is 1.72. The van der Waals surface area contributed by atoms with E-state index in [0.29, 0.717) is 12.5 Å². The normalized spacial score (nSPS) is 23.5. The number of carbonyl (C=O) groups is 1. The van der Waals surface area contributed by atoms with Gasteiger partial charge in [-0.1, -0.05) is 13.0 Å². The van der Waals surface area contributed by atoms with Gasteiger partial charge in [0.15, 0.2) is 0 Å². The van der Waals surface area contributed by atoms with Crippen LogP contribution in [0, 0.1) is 12.8 Å². The quantitative estimate of drug-likeness (QED) is 0.835. The van der Waals surface area contributed by atoms with Gasteiger partial charge in [-0.3, -0.25) is 4.79 Å². The van der Waals surface area contributed by atoms with Gasteiger partial charge in [-0.2, -0.15) is 0 Å². The summed E-state index contributed by atoms with van der Waals surface area (Å²) in [6, 6.07) is 5.84. The number of halogens is 1. The summed E-state index contributed by atoms with van der Waals surface area (Å²) in [6.45, 7) is 5.68. The molecule has 0 aromatic heterocycles. The average Bonchev–Trinajstić information content (AvgIpc) is 2.38. The number of piperidine rings is 1. The number of amides is 1. The largest absolute Gasteiger partial charge is 0.379 e. The van der Waals surface area contributed by atoms with Crippen LogP contribution >= 0.6 is 15.9 Å². The third kappa shape index (κ3) is 3.18. The van der Waals surface area contributed by atoms with Crippen LogP contribution in [-0.2, 0) is 4.74 Å². The lowest BCUT2D eigenvalue weighted by molar-refractivity contribution is -0.00159. The summed E-state index contributed by atoms with van der Waals surface area (Å²) in [6.07, 6.45) is 1.13. The van der Waals surface area contributed by atoms with Gasteiger partial charge in [0.05, 0.1) is 11.7 Å². The van der Waals surface area contributed by atoms with E-state index in [2.05, 4.69) is 22.9 Å². The van der Waals surface area contributed by atoms with Crippen molar-refractivity contribution >= 4 is 21.8 Å². The lowest BCUT2D eigenvalue weighted by Gasteiger charge is -2.36. The van der Waals surface area contributed by atoms with Gasteiger partial charge in [0.1, 0.15) is 0 Å². The van der Waals surface area contributed by atoms with Crippen LogP contribution < -0.4 is 0 Å². The first kappa shape index (κ1) is 14.5. The minimum atomic E-state index is 0.0841. The SMILES string of the molecule is COC1CN(C(=O)c2ccc(C)cc2Br)CCC1C. The Kier molecular flexibility index (Phi) is 4.63. The maximum absolute atomic E-state index is 12.5. The third-order valence-corrected chi connectivity index (χ3v) is 4.49. The van der Waals surface area contributed by atoms with Gasteiger partial charge in [0.2, 0.25) is 0 Å². The summed E-state index contributed by atoms with van der Waals surface area (Å²) in [5, 5.41) is 0. The fourth-order valence-electron chi connectivity index (χ4n) is 2.49. The number of ether oxygens (including phenoxy) is 1. The fourth-order valence-corrected chi connectivity index (χ4v) is 3.15. The highest BCUT2D eigenvalue weighted by Gasteiger charge is 2.29. The van der Waals surface area contributed by atoms with E-state index in [0.717, 1.165) is 28.6 Å². The summed E-state index contributed by atoms with van der Waals surface area (Å²) in [5.74, 6) is 0.594. The first-order chi connectivity index (χ1) is 9.02. The molecular weight excluding hydrogens is 306 g/mol. The summed E-state index contributed by atoms with van der Waals surface area (Å²) < 4.78 is 6.33. The molecule has 1 amide bonds. The second kappa shape index (κ2) is 6.06. The number of rotatable bonds is 2. The Balaban J connectivity index is 2.15. The molecule has 0 bridgehead atoms. The van der Waals surface area contributed by atoms with E-state index in [4.69, 9.17) is 4.74 Å². The van der Waals surface area contributed by atoms with Crippen LogP contribution in [0.25, 0.3) is 0 Å². The molecule has 1 aliphatic rings. The molecule has 2 unspecified atom stereocenters. The van der Waals surface area contributed by atoms with E-state index < -0.39 is 0 Å². The lowest BCUT2D eigenvalue weighted by atomic mass is 9.95. The van der Waals surface area contributed by atoms with E-state index in [1.807, 2.05) is 30.0 Å². The molecule has 4 heteroatoms. The molecular formula is C15H20BrNO2. The van der Waals surface area contributed by atoms with Crippen LogP contribution in [0.5, 0.6) is 0 Å². The lowest BCUT2D eigenvalue weighted by Crippen LogP contribution is -2.46. The standard InChI is InChI=1S/C15H20BrNO2/c1-10-4-5-12(13(16)8-10)15(18)17-7-6-11(2)14(9-17)19-3/h4-5,8,11,14H,6-7,9H2,1-3H3. The Labute approximate surface area is 123 Å². The van der Waals surface area contributed by atoms with E-state index >= 15 is 0 Å². The van der Waals surface area contributed by atoms with Crippen molar-refractivity contribution in [1.29, 1.82) is 0 Å². The summed E-state index contributed by atoms with van der Waals surface area (Å²) >= 11 is 3.48. The number of benzene rings is 1. The van der Waals surface area contributed by atoms with Crippen molar-refractivity contribution in [3.8, 4) is 0 Å². The fraction of sp³-hybridized carbons (Fsp3) is 0.533. The van der Waals surface area contributed by atoms with Crippen molar-refractivity contribution in [1.82, 2.24) is 4.90 Å². The number of likely N-dealkylation sites (tertiary alicyclic amines) is 1. The molecule has 19 heavy (non-hydrogen) atoms. The molecule has 104 valence electrons. The first-order valence-corrected chi connectivity index (χ1v) is 7.40. The van der Waals surface area contributed by atoms with Crippen molar-refractivity contribution < 1.29 is 9.53 Å². The van der Waals surface area contributed by atoms with E-state index in [1.165, 1.54) is 0 Å². The zero-order valence-electron chi connectivity index (χ0n) is 11.6. The molecule has 0 saturated carbocycles. The topological polar surface area (TPSA) is 29.5 Å². The second-order valence-electron chi connectivity index (χ2n) is 5.27. The minimum absolute atomic E-state index is 0.0841. The monoisotopic (exact) mass is 325 g/mol. The molecule has 0 N–H and O–H groups in total. The molecule has 1 fully saturated rings. The Morgan fingerprint density at radius 2 is 2.21 bits per heavy atom. The molecule has 1 aliphatic heterocycles. The smallest absolute Gasteiger partial charge is 0.255 e. The number of aryl methyl sites for hydroxylation is 1. The van der Waals surface area contributed by atoms with E-state index in [1.54, 1.807) is 7.11 Å². The Morgan fingerprint density at radius 3 is 2.84 bits per heavy atom. The highest BCUT2D eigenvalue weighted by atomic mass is 79.9. The maximum Gasteiger partial charge on any atom is 0.255 e. The number of nitrogens with zero attached hydrogens (tertiary/aromatic N) is 1. The Hall–Kier alpha value is -0.870. The molecule has 0 aliphatic carbocycles. The molecule has 2 rings (SSSR count). The van der Waals surface area contributed by atoms with Crippen LogP contribution in [-0.4, -0.2) is 37.1 Å². The molecule has 1 aromatic carbocycles. The Morgan fingerprint density at radius 1 is 1.47 bits per heavy atom. The maximum atomic E-state index is 12.5. The zero-order valence-corrected chi connectivity index (χ0v) is 13.2. The zero-order chi connectivity index (χ0) is 14.0. The highest BCUT2D eigenvalue weighted by molar-refractivity contribution is 9.10. The molecule has 1 heterocycles. The van der Waals surface area contributed by atoms with Crippen molar-refractivity contribution in [3.63, 3.8) is 0 Å². The van der Waals surface area contributed by atoms with Crippen molar-refractivity contribution in [2.45, 2.75) is 26.4 Å². The van der Waals surface area contributed by atoms with Crippen molar-refractivity contribution in [2.75, 3.05) is 20.2 Å². The number of hydrogen-bond donors (Lipinski definition) is 0. The third-order valence-electron chi connectivity index (χ3n) is 3.83. The first-order valence-electron chi connectivity index (χ1n) is 6.61. The summed E-state index contributed by atoms with van der Waals surface area (Å²) in [4.78, 5) is 14.4. The number of methoxy groups -OCH3 is 1. The number of hydrogen-bond acceptors (Lipinski definition) is 2. The van der Waals surface area contributed by atoms with Crippen molar-refractivity contribution in [2.24, 2.45) is 5.92 Å². The van der Waals surface area contributed by atoms with Crippen LogP contribution in [0.15, 0.2) is 22.7 Å². The van der Waals surface area contributed by atoms with Crippen LogP contribution in [0.3, 0.4) is 0 Å². The molecule has 3 nitrogen and oxygen atoms in total. The van der Waals surface area contributed by atoms with Gasteiger partial charge < -0.3 is 9.64 Å². The van der Waals surface area contributed by atoms with E-state index in [-0.39, 0.29) is 12.0 Å². The van der Waals surface area contributed by atoms with Crippen molar-refractivity contribution in [3.05, 3.63) is 33.8 Å². The predicted octanol–water partition coefficient (Wildman–Crippen LogP) is 3.25. The van der Waals surface area contributed by atoms with Gasteiger partial charge in [-0.15, -0.1) is 0 Å². The average molecular weight is 326 g/mol. The molecule has 2 atom stereocenters. The number of carbonyl (C=O) groups excluding carboxylic acids is 1. The molecule has 1 aromatic rings. The van der Waals surface area contributed by atoms with Gasteiger partial charge in [0.25, 0.3) is 5.91 Å². The Bertz CT molecular complexity index is 475. The predicted molar refractivity (Wildman–Crippen MR) is 79.4 cm³/mol.